The lowest BCUT2D eigenvalue weighted by molar-refractivity contribution is 0.301. The first-order valence-electron chi connectivity index (χ1n) is 6.50. The summed E-state index contributed by atoms with van der Waals surface area (Å²) in [5.41, 5.74) is 6.86. The SMILES string of the molecule is CCC1(CC)CCN(c2ccc(CN)nn2)C1. The van der Waals surface area contributed by atoms with Crippen LogP contribution in [0.2, 0.25) is 0 Å². The molecule has 0 aliphatic carbocycles. The lowest BCUT2D eigenvalue weighted by Crippen LogP contribution is -2.27. The number of hydrogen-bond donors (Lipinski definition) is 1. The van der Waals surface area contributed by atoms with E-state index in [1.807, 2.05) is 12.1 Å². The van der Waals surface area contributed by atoms with Gasteiger partial charge in [0.25, 0.3) is 0 Å². The van der Waals surface area contributed by atoms with E-state index in [1.54, 1.807) is 0 Å². The number of anilines is 1. The van der Waals surface area contributed by atoms with Crippen molar-refractivity contribution in [1.82, 2.24) is 10.2 Å². The summed E-state index contributed by atoms with van der Waals surface area (Å²) in [7, 11) is 0. The molecule has 1 aliphatic rings. The maximum Gasteiger partial charge on any atom is 0.151 e. The molecular formula is C13H22N4. The normalized spacial score (nSPS) is 18.6. The van der Waals surface area contributed by atoms with Crippen LogP contribution < -0.4 is 10.6 Å². The van der Waals surface area contributed by atoms with Gasteiger partial charge in [-0.05, 0) is 36.8 Å². The van der Waals surface area contributed by atoms with Gasteiger partial charge >= 0.3 is 0 Å². The highest BCUT2D eigenvalue weighted by molar-refractivity contribution is 5.39. The standard InChI is InChI=1S/C13H22N4/c1-3-13(4-2)7-8-17(10-13)12-6-5-11(9-14)15-16-12/h5-6H,3-4,7-10,14H2,1-2H3. The van der Waals surface area contributed by atoms with E-state index in [0.717, 1.165) is 24.6 Å². The van der Waals surface area contributed by atoms with Crippen LogP contribution in [0, 0.1) is 5.41 Å². The molecule has 1 saturated heterocycles. The highest BCUT2D eigenvalue weighted by Crippen LogP contribution is 2.38. The van der Waals surface area contributed by atoms with Crippen molar-refractivity contribution in [1.29, 1.82) is 0 Å². The second-order valence-electron chi connectivity index (χ2n) is 4.97. The minimum atomic E-state index is 0.459. The van der Waals surface area contributed by atoms with Crippen molar-refractivity contribution in [3.63, 3.8) is 0 Å². The molecule has 0 spiro atoms. The molecule has 4 heteroatoms. The van der Waals surface area contributed by atoms with Crippen LogP contribution in [0.25, 0.3) is 0 Å². The monoisotopic (exact) mass is 234 g/mol. The Morgan fingerprint density at radius 2 is 2.06 bits per heavy atom. The molecule has 4 nitrogen and oxygen atoms in total. The molecule has 94 valence electrons. The van der Waals surface area contributed by atoms with Crippen LogP contribution in [0.15, 0.2) is 12.1 Å². The van der Waals surface area contributed by atoms with E-state index in [1.165, 1.54) is 19.3 Å². The molecule has 0 bridgehead atoms. The Hall–Kier alpha value is -1.16. The van der Waals surface area contributed by atoms with Gasteiger partial charge in [0.05, 0.1) is 5.69 Å². The van der Waals surface area contributed by atoms with Gasteiger partial charge in [-0.25, -0.2) is 0 Å². The van der Waals surface area contributed by atoms with Crippen LogP contribution in [-0.2, 0) is 6.54 Å². The van der Waals surface area contributed by atoms with Gasteiger partial charge in [0.2, 0.25) is 0 Å². The molecule has 2 rings (SSSR count). The highest BCUT2D eigenvalue weighted by Gasteiger charge is 2.35. The molecule has 0 atom stereocenters. The Kier molecular flexibility index (Phi) is 3.62. The van der Waals surface area contributed by atoms with E-state index >= 15 is 0 Å². The third-order valence-corrected chi connectivity index (χ3v) is 4.18. The summed E-state index contributed by atoms with van der Waals surface area (Å²) in [6.07, 6.45) is 3.75. The molecule has 2 heterocycles. The van der Waals surface area contributed by atoms with Gasteiger partial charge in [0.1, 0.15) is 0 Å². The van der Waals surface area contributed by atoms with Crippen molar-refractivity contribution in [2.24, 2.45) is 11.1 Å². The van der Waals surface area contributed by atoms with E-state index in [0.29, 0.717) is 12.0 Å². The summed E-state index contributed by atoms with van der Waals surface area (Å²) in [5, 5.41) is 8.39. The zero-order chi connectivity index (χ0) is 12.3. The van der Waals surface area contributed by atoms with Crippen LogP contribution >= 0.6 is 0 Å². The Balaban J connectivity index is 2.09. The van der Waals surface area contributed by atoms with E-state index in [9.17, 15) is 0 Å². The molecule has 0 radical (unpaired) electrons. The quantitative estimate of drug-likeness (QED) is 0.865. The summed E-state index contributed by atoms with van der Waals surface area (Å²) in [5.74, 6) is 0.992. The first kappa shape index (κ1) is 12.3. The first-order chi connectivity index (χ1) is 8.23. The molecular weight excluding hydrogens is 212 g/mol. The predicted molar refractivity (Wildman–Crippen MR) is 69.8 cm³/mol. The zero-order valence-electron chi connectivity index (χ0n) is 10.8. The summed E-state index contributed by atoms with van der Waals surface area (Å²) < 4.78 is 0. The van der Waals surface area contributed by atoms with Gasteiger partial charge in [0.15, 0.2) is 5.82 Å². The Morgan fingerprint density at radius 1 is 1.29 bits per heavy atom. The van der Waals surface area contributed by atoms with Gasteiger partial charge in [-0.3, -0.25) is 0 Å². The van der Waals surface area contributed by atoms with Gasteiger partial charge in [-0.2, -0.15) is 5.10 Å². The molecule has 2 N–H and O–H groups in total. The number of nitrogens with zero attached hydrogens (tertiary/aromatic N) is 3. The molecule has 0 unspecified atom stereocenters. The topological polar surface area (TPSA) is 55.0 Å². The molecule has 1 aliphatic heterocycles. The van der Waals surface area contributed by atoms with E-state index in [-0.39, 0.29) is 0 Å². The third-order valence-electron chi connectivity index (χ3n) is 4.18. The van der Waals surface area contributed by atoms with Crippen LogP contribution in [0.5, 0.6) is 0 Å². The molecule has 0 amide bonds. The van der Waals surface area contributed by atoms with Gasteiger partial charge in [-0.1, -0.05) is 13.8 Å². The summed E-state index contributed by atoms with van der Waals surface area (Å²) in [6, 6.07) is 4.01. The molecule has 1 fully saturated rings. The van der Waals surface area contributed by atoms with Gasteiger partial charge in [0, 0.05) is 19.6 Å². The van der Waals surface area contributed by atoms with Crippen molar-refractivity contribution in [3.8, 4) is 0 Å². The fraction of sp³-hybridized carbons (Fsp3) is 0.692. The van der Waals surface area contributed by atoms with Crippen LogP contribution in [0.3, 0.4) is 0 Å². The number of rotatable bonds is 4. The summed E-state index contributed by atoms with van der Waals surface area (Å²) in [4.78, 5) is 2.35. The summed E-state index contributed by atoms with van der Waals surface area (Å²) >= 11 is 0. The molecule has 0 aromatic carbocycles. The smallest absolute Gasteiger partial charge is 0.151 e. The Labute approximate surface area is 103 Å². The van der Waals surface area contributed by atoms with E-state index in [2.05, 4.69) is 28.9 Å². The second kappa shape index (κ2) is 5.00. The minimum Gasteiger partial charge on any atom is -0.355 e. The Bertz CT molecular complexity index is 356. The van der Waals surface area contributed by atoms with E-state index < -0.39 is 0 Å². The fourth-order valence-electron chi connectivity index (χ4n) is 2.59. The number of nitrogens with two attached hydrogens (primary N) is 1. The number of aromatic nitrogens is 2. The van der Waals surface area contributed by atoms with Crippen molar-refractivity contribution in [3.05, 3.63) is 17.8 Å². The van der Waals surface area contributed by atoms with Crippen LogP contribution in [0.4, 0.5) is 5.82 Å². The van der Waals surface area contributed by atoms with Crippen LogP contribution in [-0.4, -0.2) is 23.3 Å². The molecule has 0 saturated carbocycles. The van der Waals surface area contributed by atoms with Crippen LogP contribution in [0.1, 0.15) is 38.8 Å². The minimum absolute atomic E-state index is 0.459. The van der Waals surface area contributed by atoms with Crippen molar-refractivity contribution < 1.29 is 0 Å². The van der Waals surface area contributed by atoms with Gasteiger partial charge in [-0.15, -0.1) is 5.10 Å². The third kappa shape index (κ3) is 2.41. The largest absolute Gasteiger partial charge is 0.355 e. The fourth-order valence-corrected chi connectivity index (χ4v) is 2.59. The average Bonchev–Trinajstić information content (AvgIpc) is 2.84. The number of hydrogen-bond acceptors (Lipinski definition) is 4. The molecule has 1 aromatic heterocycles. The molecule has 17 heavy (non-hydrogen) atoms. The van der Waals surface area contributed by atoms with Crippen molar-refractivity contribution in [2.75, 3.05) is 18.0 Å². The maximum absolute atomic E-state index is 5.52. The second-order valence-corrected chi connectivity index (χ2v) is 4.97. The Morgan fingerprint density at radius 3 is 2.53 bits per heavy atom. The lowest BCUT2D eigenvalue weighted by Gasteiger charge is -2.26. The van der Waals surface area contributed by atoms with Gasteiger partial charge < -0.3 is 10.6 Å². The maximum atomic E-state index is 5.52. The lowest BCUT2D eigenvalue weighted by atomic mass is 9.82. The summed E-state index contributed by atoms with van der Waals surface area (Å²) in [6.45, 7) is 7.24. The highest BCUT2D eigenvalue weighted by atomic mass is 15.3. The zero-order valence-corrected chi connectivity index (χ0v) is 10.8. The average molecular weight is 234 g/mol. The van der Waals surface area contributed by atoms with Crippen molar-refractivity contribution >= 4 is 5.82 Å². The molecule has 1 aromatic rings. The van der Waals surface area contributed by atoms with E-state index in [4.69, 9.17) is 5.73 Å². The first-order valence-corrected chi connectivity index (χ1v) is 6.50. The predicted octanol–water partition coefficient (Wildman–Crippen LogP) is 1.95. The van der Waals surface area contributed by atoms with Crippen molar-refractivity contribution in [2.45, 2.75) is 39.7 Å².